The number of aliphatic carboxylic acids is 1. The van der Waals surface area contributed by atoms with Gasteiger partial charge in [-0.3, -0.25) is 4.79 Å². The van der Waals surface area contributed by atoms with Gasteiger partial charge in [-0.2, -0.15) is 0 Å². The second-order valence-electron chi connectivity index (χ2n) is 5.58. The van der Waals surface area contributed by atoms with Crippen molar-refractivity contribution >= 4 is 16.9 Å². The molecule has 0 radical (unpaired) electrons. The maximum absolute atomic E-state index is 11.8. The molecule has 1 N–H and O–H groups in total. The molecule has 100 valence electrons. The van der Waals surface area contributed by atoms with E-state index in [1.54, 1.807) is 6.26 Å². The summed E-state index contributed by atoms with van der Waals surface area (Å²) in [4.78, 5) is 11.8. The van der Waals surface area contributed by atoms with E-state index in [0.29, 0.717) is 0 Å². The van der Waals surface area contributed by atoms with E-state index in [2.05, 4.69) is 0 Å². The third-order valence-electron chi connectivity index (χ3n) is 4.44. The lowest BCUT2D eigenvalue weighted by atomic mass is 9.69. The molecule has 1 saturated carbocycles. The third-order valence-corrected chi connectivity index (χ3v) is 4.44. The average Bonchev–Trinajstić information content (AvgIpc) is 2.80. The number of benzene rings is 1. The quantitative estimate of drug-likeness (QED) is 0.884. The van der Waals surface area contributed by atoms with Gasteiger partial charge in [-0.05, 0) is 43.0 Å². The lowest BCUT2D eigenvalue weighted by molar-refractivity contribution is -0.145. The Bertz CT molecular complexity index is 618. The first kappa shape index (κ1) is 12.3. The van der Waals surface area contributed by atoms with Crippen molar-refractivity contribution in [2.75, 3.05) is 0 Å². The lowest BCUT2D eigenvalue weighted by Gasteiger charge is -2.33. The van der Waals surface area contributed by atoms with Gasteiger partial charge < -0.3 is 9.52 Å². The predicted molar refractivity (Wildman–Crippen MR) is 73.3 cm³/mol. The van der Waals surface area contributed by atoms with E-state index in [-0.39, 0.29) is 0 Å². The van der Waals surface area contributed by atoms with Gasteiger partial charge in [0.1, 0.15) is 5.58 Å². The molecule has 1 aromatic heterocycles. The van der Waals surface area contributed by atoms with Crippen LogP contribution in [0, 0.1) is 6.92 Å². The fourth-order valence-electron chi connectivity index (χ4n) is 3.24. The molecule has 0 amide bonds. The summed E-state index contributed by atoms with van der Waals surface area (Å²) in [5.41, 5.74) is 2.12. The van der Waals surface area contributed by atoms with Crippen LogP contribution in [0.4, 0.5) is 0 Å². The van der Waals surface area contributed by atoms with Gasteiger partial charge in [0.05, 0.1) is 11.7 Å². The second-order valence-corrected chi connectivity index (χ2v) is 5.58. The summed E-state index contributed by atoms with van der Waals surface area (Å²) in [7, 11) is 0. The van der Waals surface area contributed by atoms with Gasteiger partial charge in [-0.25, -0.2) is 0 Å². The van der Waals surface area contributed by atoms with Gasteiger partial charge in [0.25, 0.3) is 0 Å². The number of aryl methyl sites for hydroxylation is 1. The molecule has 1 fully saturated rings. The Kier molecular flexibility index (Phi) is 2.85. The first-order valence-corrected chi connectivity index (χ1v) is 6.85. The van der Waals surface area contributed by atoms with Crippen molar-refractivity contribution in [3.05, 3.63) is 35.6 Å². The Balaban J connectivity index is 2.14. The third kappa shape index (κ3) is 1.84. The minimum atomic E-state index is -0.698. The summed E-state index contributed by atoms with van der Waals surface area (Å²) >= 11 is 0. The van der Waals surface area contributed by atoms with E-state index in [1.165, 1.54) is 0 Å². The number of rotatable bonds is 2. The maximum atomic E-state index is 11.8. The Labute approximate surface area is 112 Å². The van der Waals surface area contributed by atoms with Crippen LogP contribution in [0.5, 0.6) is 0 Å². The topological polar surface area (TPSA) is 50.4 Å². The average molecular weight is 258 g/mol. The summed E-state index contributed by atoms with van der Waals surface area (Å²) in [6, 6.07) is 5.83. The summed E-state index contributed by atoms with van der Waals surface area (Å²) in [5, 5.41) is 10.7. The molecular weight excluding hydrogens is 240 g/mol. The van der Waals surface area contributed by atoms with Gasteiger partial charge in [-0.15, -0.1) is 0 Å². The normalized spacial score (nSPS) is 18.6. The Morgan fingerprint density at radius 3 is 2.68 bits per heavy atom. The highest BCUT2D eigenvalue weighted by molar-refractivity contribution is 5.86. The number of carbonyl (C=O) groups is 1. The largest absolute Gasteiger partial charge is 0.481 e. The minimum absolute atomic E-state index is 0.687. The van der Waals surface area contributed by atoms with Crippen LogP contribution in [0.1, 0.15) is 43.2 Å². The predicted octanol–water partition coefficient (Wildman–Crippen LogP) is 4.03. The maximum Gasteiger partial charge on any atom is 0.314 e. The minimum Gasteiger partial charge on any atom is -0.481 e. The molecule has 3 heteroatoms. The van der Waals surface area contributed by atoms with Gasteiger partial charge in [0.15, 0.2) is 0 Å². The molecule has 0 saturated heterocycles. The second kappa shape index (κ2) is 4.41. The van der Waals surface area contributed by atoms with Crippen LogP contribution in [-0.4, -0.2) is 11.1 Å². The molecule has 3 nitrogen and oxygen atoms in total. The van der Waals surface area contributed by atoms with E-state index in [0.717, 1.165) is 54.2 Å². The van der Waals surface area contributed by atoms with Gasteiger partial charge in [0, 0.05) is 5.39 Å². The van der Waals surface area contributed by atoms with Crippen LogP contribution in [0.25, 0.3) is 11.0 Å². The standard InChI is InChI=1S/C16H18O3/c1-11-10-19-14-6-5-12(9-13(11)14)16(15(17)18)7-3-2-4-8-16/h5-6,9-10H,2-4,7-8H2,1H3,(H,17,18). The van der Waals surface area contributed by atoms with Crippen molar-refractivity contribution in [2.45, 2.75) is 44.4 Å². The molecule has 0 spiro atoms. The zero-order valence-electron chi connectivity index (χ0n) is 11.1. The van der Waals surface area contributed by atoms with Crippen LogP contribution in [-0.2, 0) is 10.2 Å². The van der Waals surface area contributed by atoms with Crippen molar-refractivity contribution in [2.24, 2.45) is 0 Å². The lowest BCUT2D eigenvalue weighted by Crippen LogP contribution is -2.37. The molecule has 3 rings (SSSR count). The van der Waals surface area contributed by atoms with Crippen molar-refractivity contribution in [1.29, 1.82) is 0 Å². The smallest absolute Gasteiger partial charge is 0.314 e. The van der Waals surface area contributed by atoms with Crippen molar-refractivity contribution in [1.82, 2.24) is 0 Å². The number of hydrogen-bond acceptors (Lipinski definition) is 2. The van der Waals surface area contributed by atoms with Crippen molar-refractivity contribution in [3.8, 4) is 0 Å². The molecular formula is C16H18O3. The van der Waals surface area contributed by atoms with E-state index in [4.69, 9.17) is 4.42 Å². The van der Waals surface area contributed by atoms with E-state index in [9.17, 15) is 9.90 Å². The number of fused-ring (bicyclic) bond motifs is 1. The molecule has 19 heavy (non-hydrogen) atoms. The number of hydrogen-bond donors (Lipinski definition) is 1. The van der Waals surface area contributed by atoms with Crippen LogP contribution in [0.15, 0.2) is 28.9 Å². The SMILES string of the molecule is Cc1coc2ccc(C3(C(=O)O)CCCCC3)cc12. The molecule has 1 aliphatic rings. The molecule has 0 atom stereocenters. The van der Waals surface area contributed by atoms with Crippen molar-refractivity contribution < 1.29 is 14.3 Å². The monoisotopic (exact) mass is 258 g/mol. The van der Waals surface area contributed by atoms with Gasteiger partial charge in [-0.1, -0.05) is 25.3 Å². The van der Waals surface area contributed by atoms with Crippen molar-refractivity contribution in [3.63, 3.8) is 0 Å². The highest BCUT2D eigenvalue weighted by Gasteiger charge is 2.41. The zero-order chi connectivity index (χ0) is 13.5. The highest BCUT2D eigenvalue weighted by atomic mass is 16.4. The zero-order valence-corrected chi connectivity index (χ0v) is 11.1. The molecule has 1 aromatic carbocycles. The van der Waals surface area contributed by atoms with Crippen LogP contribution < -0.4 is 0 Å². The number of carboxylic acids is 1. The Hall–Kier alpha value is -1.77. The Morgan fingerprint density at radius 1 is 1.26 bits per heavy atom. The van der Waals surface area contributed by atoms with E-state index in [1.807, 2.05) is 25.1 Å². The van der Waals surface area contributed by atoms with Crippen LogP contribution in [0.2, 0.25) is 0 Å². The summed E-state index contributed by atoms with van der Waals surface area (Å²) < 4.78 is 5.44. The molecule has 1 aliphatic carbocycles. The highest BCUT2D eigenvalue weighted by Crippen LogP contribution is 2.41. The number of furan rings is 1. The summed E-state index contributed by atoms with van der Waals surface area (Å²) in [5.74, 6) is -0.687. The van der Waals surface area contributed by atoms with E-state index < -0.39 is 11.4 Å². The van der Waals surface area contributed by atoms with Gasteiger partial charge in [0.2, 0.25) is 0 Å². The van der Waals surface area contributed by atoms with Crippen LogP contribution in [0.3, 0.4) is 0 Å². The molecule has 1 heterocycles. The molecule has 0 aliphatic heterocycles. The van der Waals surface area contributed by atoms with Crippen LogP contribution >= 0.6 is 0 Å². The molecule has 0 bridgehead atoms. The number of carboxylic acid groups (broad SMARTS) is 1. The first-order valence-electron chi connectivity index (χ1n) is 6.85. The first-order chi connectivity index (χ1) is 9.13. The fourth-order valence-corrected chi connectivity index (χ4v) is 3.24. The molecule has 0 unspecified atom stereocenters. The van der Waals surface area contributed by atoms with Gasteiger partial charge >= 0.3 is 5.97 Å². The summed E-state index contributed by atoms with van der Waals surface area (Å²) in [6.45, 7) is 1.99. The van der Waals surface area contributed by atoms with E-state index >= 15 is 0 Å². The molecule has 2 aromatic rings. The Morgan fingerprint density at radius 2 is 2.00 bits per heavy atom. The fraction of sp³-hybridized carbons (Fsp3) is 0.438. The summed E-state index contributed by atoms with van der Waals surface area (Å²) in [6.07, 6.45) is 6.34.